The number of rotatable bonds is 1. The lowest BCUT2D eigenvalue weighted by atomic mass is 9.99. The molecule has 0 aromatic heterocycles. The van der Waals surface area contributed by atoms with Crippen LogP contribution in [-0.4, -0.2) is 0 Å². The minimum Gasteiger partial charge on any atom is -0.166 e. The van der Waals surface area contributed by atoms with Crippen molar-refractivity contribution < 1.29 is 13.2 Å². The first-order valence-corrected chi connectivity index (χ1v) is 5.62. The maximum absolute atomic E-state index is 12.9. The van der Waals surface area contributed by atoms with Gasteiger partial charge < -0.3 is 0 Å². The zero-order valence-electron chi connectivity index (χ0n) is 8.55. The highest BCUT2D eigenvalue weighted by Crippen LogP contribution is 2.40. The third-order valence-corrected chi connectivity index (χ3v) is 2.94. The monoisotopic (exact) mass is 299 g/mol. The average Bonchev–Trinajstić information content (AvgIpc) is 2.28. The van der Waals surface area contributed by atoms with Crippen LogP contribution in [0, 0.1) is 6.07 Å². The highest BCUT2D eigenvalue weighted by Gasteiger charge is 2.34. The van der Waals surface area contributed by atoms with E-state index in [1.807, 2.05) is 0 Å². The van der Waals surface area contributed by atoms with Crippen molar-refractivity contribution in [3.8, 4) is 11.1 Å². The molecule has 0 N–H and O–H groups in total. The van der Waals surface area contributed by atoms with Crippen LogP contribution in [0.5, 0.6) is 0 Å². The Morgan fingerprint density at radius 2 is 1.65 bits per heavy atom. The molecule has 0 spiro atoms. The van der Waals surface area contributed by atoms with E-state index in [-0.39, 0.29) is 5.56 Å². The van der Waals surface area contributed by atoms with E-state index in [4.69, 9.17) is 0 Å². The van der Waals surface area contributed by atoms with Crippen molar-refractivity contribution >= 4 is 15.9 Å². The Morgan fingerprint density at radius 3 is 2.24 bits per heavy atom. The second-order valence-electron chi connectivity index (χ2n) is 3.44. The molecule has 0 aliphatic rings. The fourth-order valence-corrected chi connectivity index (χ4v) is 2.17. The van der Waals surface area contributed by atoms with E-state index in [1.165, 1.54) is 6.07 Å². The zero-order chi connectivity index (χ0) is 12.5. The predicted molar refractivity (Wildman–Crippen MR) is 63.4 cm³/mol. The van der Waals surface area contributed by atoms with Crippen LogP contribution in [0.1, 0.15) is 5.56 Å². The molecule has 0 heterocycles. The normalized spacial score (nSPS) is 11.5. The zero-order valence-corrected chi connectivity index (χ0v) is 10.1. The first-order valence-electron chi connectivity index (χ1n) is 4.83. The van der Waals surface area contributed by atoms with Gasteiger partial charge in [-0.1, -0.05) is 36.4 Å². The molecular formula is C13H7BrF3. The molecule has 87 valence electrons. The van der Waals surface area contributed by atoms with E-state index in [1.54, 1.807) is 30.3 Å². The minimum atomic E-state index is -4.37. The van der Waals surface area contributed by atoms with Gasteiger partial charge in [0.1, 0.15) is 0 Å². The van der Waals surface area contributed by atoms with Gasteiger partial charge in [-0.25, -0.2) is 0 Å². The maximum Gasteiger partial charge on any atom is 0.417 e. The van der Waals surface area contributed by atoms with Gasteiger partial charge in [-0.3, -0.25) is 0 Å². The lowest BCUT2D eigenvalue weighted by molar-refractivity contribution is -0.137. The number of alkyl halides is 3. The molecule has 0 atom stereocenters. The molecule has 2 aromatic carbocycles. The molecule has 0 saturated carbocycles. The molecule has 2 rings (SSSR count). The maximum atomic E-state index is 12.9. The lowest BCUT2D eigenvalue weighted by Gasteiger charge is -2.14. The van der Waals surface area contributed by atoms with Crippen LogP contribution in [-0.2, 0) is 6.18 Å². The number of hydrogen-bond donors (Lipinski definition) is 0. The third kappa shape index (κ3) is 2.52. The summed E-state index contributed by atoms with van der Waals surface area (Å²) in [6.07, 6.45) is -4.37. The minimum absolute atomic E-state index is 0.126. The fraction of sp³-hybridized carbons (Fsp3) is 0.0769. The van der Waals surface area contributed by atoms with Crippen molar-refractivity contribution in [2.45, 2.75) is 6.18 Å². The van der Waals surface area contributed by atoms with E-state index in [2.05, 4.69) is 22.0 Å². The van der Waals surface area contributed by atoms with E-state index in [0.29, 0.717) is 10.0 Å². The lowest BCUT2D eigenvalue weighted by Crippen LogP contribution is -2.07. The molecule has 0 nitrogen and oxygen atoms in total. The average molecular weight is 300 g/mol. The van der Waals surface area contributed by atoms with Gasteiger partial charge in [0.15, 0.2) is 0 Å². The second kappa shape index (κ2) is 4.53. The van der Waals surface area contributed by atoms with E-state index in [9.17, 15) is 13.2 Å². The molecule has 0 fully saturated rings. The molecule has 2 aromatic rings. The Balaban J connectivity index is 2.69. The van der Waals surface area contributed by atoms with E-state index < -0.39 is 11.7 Å². The van der Waals surface area contributed by atoms with Crippen LogP contribution in [0.25, 0.3) is 11.1 Å². The fourth-order valence-electron chi connectivity index (χ4n) is 1.60. The van der Waals surface area contributed by atoms with Crippen molar-refractivity contribution in [1.82, 2.24) is 0 Å². The van der Waals surface area contributed by atoms with Crippen LogP contribution >= 0.6 is 15.9 Å². The summed E-state index contributed by atoms with van der Waals surface area (Å²) in [6, 6.07) is 13.5. The highest BCUT2D eigenvalue weighted by atomic mass is 79.9. The summed E-state index contributed by atoms with van der Waals surface area (Å²) in [5, 5.41) is 0. The summed E-state index contributed by atoms with van der Waals surface area (Å²) in [5.74, 6) is 0. The van der Waals surface area contributed by atoms with Gasteiger partial charge >= 0.3 is 6.18 Å². The van der Waals surface area contributed by atoms with Crippen LogP contribution in [0.3, 0.4) is 0 Å². The standard InChI is InChI=1S/C13H7BrF3/c14-11-8-4-7-10(13(15,16)17)12(11)9-5-2-1-3-6-9/h1-7H. The summed E-state index contributed by atoms with van der Waals surface area (Å²) >= 11 is 3.12. The Bertz CT molecular complexity index is 518. The Morgan fingerprint density at radius 1 is 1.00 bits per heavy atom. The molecular weight excluding hydrogens is 293 g/mol. The van der Waals surface area contributed by atoms with Crippen molar-refractivity contribution in [1.29, 1.82) is 0 Å². The third-order valence-electron chi connectivity index (χ3n) is 2.32. The smallest absolute Gasteiger partial charge is 0.166 e. The predicted octanol–water partition coefficient (Wildman–Crippen LogP) is 4.94. The molecule has 0 aliphatic carbocycles. The second-order valence-corrected chi connectivity index (χ2v) is 4.24. The van der Waals surface area contributed by atoms with Crippen molar-refractivity contribution in [2.75, 3.05) is 0 Å². The van der Waals surface area contributed by atoms with Crippen LogP contribution in [0.4, 0.5) is 13.2 Å². The summed E-state index contributed by atoms with van der Waals surface area (Å²) < 4.78 is 39.0. The van der Waals surface area contributed by atoms with Crippen molar-refractivity contribution in [3.05, 3.63) is 58.6 Å². The molecule has 0 aliphatic heterocycles. The van der Waals surface area contributed by atoms with Crippen molar-refractivity contribution in [2.24, 2.45) is 0 Å². The van der Waals surface area contributed by atoms with Gasteiger partial charge in [0.2, 0.25) is 0 Å². The Kier molecular flexibility index (Phi) is 3.24. The topological polar surface area (TPSA) is 0 Å². The van der Waals surface area contributed by atoms with Crippen LogP contribution < -0.4 is 0 Å². The molecule has 0 amide bonds. The molecule has 0 bridgehead atoms. The van der Waals surface area contributed by atoms with Gasteiger partial charge in [-0.15, -0.1) is 0 Å². The Hall–Kier alpha value is -1.29. The quantitative estimate of drug-likeness (QED) is 0.700. The molecule has 4 heteroatoms. The summed E-state index contributed by atoms with van der Waals surface area (Å²) in [6.45, 7) is 0. The van der Waals surface area contributed by atoms with Crippen LogP contribution in [0.15, 0.2) is 46.9 Å². The SMILES string of the molecule is FC(F)(F)c1cc[c]c(Br)c1-c1ccccc1. The summed E-state index contributed by atoms with van der Waals surface area (Å²) in [7, 11) is 0. The largest absolute Gasteiger partial charge is 0.417 e. The number of benzene rings is 2. The van der Waals surface area contributed by atoms with E-state index >= 15 is 0 Å². The Labute approximate surface area is 105 Å². The van der Waals surface area contributed by atoms with Crippen LogP contribution in [0.2, 0.25) is 0 Å². The summed E-state index contributed by atoms with van der Waals surface area (Å²) in [5.41, 5.74) is -0.0153. The number of hydrogen-bond acceptors (Lipinski definition) is 0. The number of halogens is 4. The van der Waals surface area contributed by atoms with Gasteiger partial charge in [0.25, 0.3) is 0 Å². The van der Waals surface area contributed by atoms with Gasteiger partial charge in [-0.05, 0) is 33.6 Å². The first kappa shape index (κ1) is 12.2. The molecule has 17 heavy (non-hydrogen) atoms. The molecule has 0 saturated heterocycles. The molecule has 1 radical (unpaired) electrons. The van der Waals surface area contributed by atoms with E-state index in [0.717, 1.165) is 6.07 Å². The first-order chi connectivity index (χ1) is 8.00. The summed E-state index contributed by atoms with van der Waals surface area (Å²) in [4.78, 5) is 0. The highest BCUT2D eigenvalue weighted by molar-refractivity contribution is 9.10. The van der Waals surface area contributed by atoms with Gasteiger partial charge in [-0.2, -0.15) is 13.2 Å². The van der Waals surface area contributed by atoms with Gasteiger partial charge in [0.05, 0.1) is 5.56 Å². The van der Waals surface area contributed by atoms with Crippen molar-refractivity contribution in [3.63, 3.8) is 0 Å². The van der Waals surface area contributed by atoms with Gasteiger partial charge in [0, 0.05) is 10.0 Å². The molecule has 0 unspecified atom stereocenters.